The van der Waals surface area contributed by atoms with Gasteiger partial charge in [0, 0.05) is 12.0 Å². The van der Waals surface area contributed by atoms with E-state index in [0.29, 0.717) is 12.0 Å². The molecule has 0 amide bonds. The molecule has 0 radical (unpaired) electrons. The Morgan fingerprint density at radius 2 is 2.07 bits per heavy atom. The van der Waals surface area contributed by atoms with Crippen molar-refractivity contribution >= 4 is 6.08 Å². The van der Waals surface area contributed by atoms with Gasteiger partial charge in [0.25, 0.3) is 0 Å². The van der Waals surface area contributed by atoms with E-state index in [1.807, 2.05) is 18.2 Å². The van der Waals surface area contributed by atoms with Gasteiger partial charge < -0.3 is 5.11 Å². The van der Waals surface area contributed by atoms with Crippen molar-refractivity contribution in [2.24, 2.45) is 0 Å². The quantitative estimate of drug-likeness (QED) is 0.736. The lowest BCUT2D eigenvalue weighted by Gasteiger charge is -1.93. The molecule has 70 valence electrons. The second kappa shape index (κ2) is 4.88. The van der Waals surface area contributed by atoms with Crippen LogP contribution in [0.25, 0.3) is 6.08 Å². The maximum Gasteiger partial charge on any atom is 0.115 e. The number of allylic oxidation sites excluding steroid dienone is 2. The molecule has 0 aromatic heterocycles. The topological polar surface area (TPSA) is 44.0 Å². The van der Waals surface area contributed by atoms with E-state index >= 15 is 0 Å². The predicted octanol–water partition coefficient (Wildman–Crippen LogP) is 2.88. The number of nitriles is 1. The van der Waals surface area contributed by atoms with Crippen LogP contribution in [-0.2, 0) is 0 Å². The molecular weight excluding hydrogens is 174 g/mol. The molecule has 0 bridgehead atoms. The van der Waals surface area contributed by atoms with E-state index in [0.717, 1.165) is 5.56 Å². The molecule has 0 aliphatic heterocycles. The molecule has 2 nitrogen and oxygen atoms in total. The minimum atomic E-state index is 0.253. The van der Waals surface area contributed by atoms with Crippen LogP contribution in [0.5, 0.6) is 5.75 Å². The van der Waals surface area contributed by atoms with Gasteiger partial charge in [-0.1, -0.05) is 30.9 Å². The predicted molar refractivity (Wildman–Crippen MR) is 56.5 cm³/mol. The van der Waals surface area contributed by atoms with Crippen molar-refractivity contribution < 1.29 is 5.11 Å². The zero-order valence-electron chi connectivity index (χ0n) is 7.77. The average molecular weight is 185 g/mol. The van der Waals surface area contributed by atoms with Crippen LogP contribution in [0.2, 0.25) is 0 Å². The maximum atomic E-state index is 9.03. The molecule has 1 aromatic carbocycles. The Balaban J connectivity index is 2.57. The summed E-state index contributed by atoms with van der Waals surface area (Å²) in [6.07, 6.45) is 4.33. The summed E-state index contributed by atoms with van der Waals surface area (Å²) in [6.45, 7) is 3.57. The van der Waals surface area contributed by atoms with E-state index in [2.05, 4.69) is 6.58 Å². The zero-order valence-corrected chi connectivity index (χ0v) is 7.77. The highest BCUT2D eigenvalue weighted by molar-refractivity contribution is 5.51. The third-order valence-electron chi connectivity index (χ3n) is 1.73. The standard InChI is InChI=1S/C12H11NO/c1-10(9-13)3-2-4-11-5-7-12(14)8-6-11/h2,4-8,14H,1,3H2. The fourth-order valence-corrected chi connectivity index (χ4v) is 0.968. The Hall–Kier alpha value is -2.01. The van der Waals surface area contributed by atoms with Crippen LogP contribution in [-0.4, -0.2) is 5.11 Å². The SMILES string of the molecule is C=C(C#N)CC=Cc1ccc(O)cc1. The third-order valence-corrected chi connectivity index (χ3v) is 1.73. The number of rotatable bonds is 3. The van der Waals surface area contributed by atoms with Crippen LogP contribution in [0.1, 0.15) is 12.0 Å². The van der Waals surface area contributed by atoms with Crippen LogP contribution < -0.4 is 0 Å². The van der Waals surface area contributed by atoms with Crippen molar-refractivity contribution in [1.82, 2.24) is 0 Å². The fraction of sp³-hybridized carbons (Fsp3) is 0.0833. The van der Waals surface area contributed by atoms with E-state index in [-0.39, 0.29) is 5.75 Å². The molecule has 0 aliphatic carbocycles. The molecular formula is C12H11NO. The van der Waals surface area contributed by atoms with Crippen molar-refractivity contribution in [3.63, 3.8) is 0 Å². The molecule has 0 spiro atoms. The average Bonchev–Trinajstić information content (AvgIpc) is 2.21. The molecule has 0 fully saturated rings. The Morgan fingerprint density at radius 3 is 2.64 bits per heavy atom. The minimum absolute atomic E-state index is 0.253. The first-order valence-electron chi connectivity index (χ1n) is 4.26. The van der Waals surface area contributed by atoms with Gasteiger partial charge in [-0.05, 0) is 17.7 Å². The third kappa shape index (κ3) is 3.16. The molecule has 14 heavy (non-hydrogen) atoms. The highest BCUT2D eigenvalue weighted by atomic mass is 16.3. The summed E-state index contributed by atoms with van der Waals surface area (Å²) in [5.74, 6) is 0.253. The lowest BCUT2D eigenvalue weighted by Crippen LogP contribution is -1.73. The first-order valence-corrected chi connectivity index (χ1v) is 4.26. The lowest BCUT2D eigenvalue weighted by molar-refractivity contribution is 0.475. The van der Waals surface area contributed by atoms with Crippen LogP contribution in [0, 0.1) is 11.3 Å². The van der Waals surface area contributed by atoms with Crippen molar-refractivity contribution in [3.05, 3.63) is 48.1 Å². The molecule has 2 heteroatoms. The first kappa shape index (κ1) is 10.1. The minimum Gasteiger partial charge on any atom is -0.508 e. The second-order valence-corrected chi connectivity index (χ2v) is 2.91. The Labute approximate surface area is 83.4 Å². The van der Waals surface area contributed by atoms with Crippen molar-refractivity contribution in [2.45, 2.75) is 6.42 Å². The lowest BCUT2D eigenvalue weighted by atomic mass is 10.1. The van der Waals surface area contributed by atoms with Crippen LogP contribution in [0.15, 0.2) is 42.5 Å². The van der Waals surface area contributed by atoms with E-state index in [1.54, 1.807) is 24.3 Å². The second-order valence-electron chi connectivity index (χ2n) is 2.91. The summed E-state index contributed by atoms with van der Waals surface area (Å²) in [5.41, 5.74) is 1.54. The van der Waals surface area contributed by atoms with Gasteiger partial charge in [0.05, 0.1) is 6.07 Å². The largest absolute Gasteiger partial charge is 0.508 e. The highest BCUT2D eigenvalue weighted by Crippen LogP contribution is 2.11. The number of phenolic OH excluding ortho intramolecular Hbond substituents is 1. The van der Waals surface area contributed by atoms with E-state index in [1.165, 1.54) is 0 Å². The fourth-order valence-electron chi connectivity index (χ4n) is 0.968. The van der Waals surface area contributed by atoms with Gasteiger partial charge in [-0.25, -0.2) is 0 Å². The molecule has 0 heterocycles. The van der Waals surface area contributed by atoms with E-state index < -0.39 is 0 Å². The first-order chi connectivity index (χ1) is 6.72. The Kier molecular flexibility index (Phi) is 3.51. The highest BCUT2D eigenvalue weighted by Gasteiger charge is 1.88. The molecule has 1 aromatic rings. The molecule has 0 unspecified atom stereocenters. The normalized spacial score (nSPS) is 9.93. The Morgan fingerprint density at radius 1 is 1.43 bits per heavy atom. The summed E-state index contributed by atoms with van der Waals surface area (Å²) in [6, 6.07) is 8.84. The van der Waals surface area contributed by atoms with Crippen molar-refractivity contribution in [2.75, 3.05) is 0 Å². The summed E-state index contributed by atoms with van der Waals surface area (Å²) in [5, 5.41) is 17.5. The van der Waals surface area contributed by atoms with Crippen molar-refractivity contribution in [1.29, 1.82) is 5.26 Å². The molecule has 0 aliphatic rings. The van der Waals surface area contributed by atoms with Gasteiger partial charge in [0.15, 0.2) is 0 Å². The summed E-state index contributed by atoms with van der Waals surface area (Å²) >= 11 is 0. The zero-order chi connectivity index (χ0) is 10.4. The molecule has 0 atom stereocenters. The molecule has 0 saturated heterocycles. The summed E-state index contributed by atoms with van der Waals surface area (Å²) in [4.78, 5) is 0. The van der Waals surface area contributed by atoms with E-state index in [4.69, 9.17) is 10.4 Å². The maximum absolute atomic E-state index is 9.03. The number of nitrogens with zero attached hydrogens (tertiary/aromatic N) is 1. The van der Waals surface area contributed by atoms with Gasteiger partial charge in [-0.15, -0.1) is 0 Å². The number of aromatic hydroxyl groups is 1. The molecule has 1 rings (SSSR count). The van der Waals surface area contributed by atoms with Crippen LogP contribution in [0.4, 0.5) is 0 Å². The van der Waals surface area contributed by atoms with Gasteiger partial charge in [-0.2, -0.15) is 5.26 Å². The summed E-state index contributed by atoms with van der Waals surface area (Å²) < 4.78 is 0. The van der Waals surface area contributed by atoms with Crippen molar-refractivity contribution in [3.8, 4) is 11.8 Å². The molecule has 0 saturated carbocycles. The number of hydrogen-bond donors (Lipinski definition) is 1. The monoisotopic (exact) mass is 185 g/mol. The Bertz CT molecular complexity index is 382. The van der Waals surface area contributed by atoms with Gasteiger partial charge in [0.1, 0.15) is 5.75 Å². The van der Waals surface area contributed by atoms with Gasteiger partial charge in [-0.3, -0.25) is 0 Å². The summed E-state index contributed by atoms with van der Waals surface area (Å²) in [7, 11) is 0. The number of benzene rings is 1. The smallest absolute Gasteiger partial charge is 0.115 e. The van der Waals surface area contributed by atoms with Crippen LogP contribution in [0.3, 0.4) is 0 Å². The van der Waals surface area contributed by atoms with Crippen LogP contribution >= 0.6 is 0 Å². The van der Waals surface area contributed by atoms with Gasteiger partial charge in [0.2, 0.25) is 0 Å². The molecule has 1 N–H and O–H groups in total. The van der Waals surface area contributed by atoms with E-state index in [9.17, 15) is 0 Å². The number of phenols is 1. The van der Waals surface area contributed by atoms with Gasteiger partial charge >= 0.3 is 0 Å². The number of hydrogen-bond acceptors (Lipinski definition) is 2.